The smallest absolute Gasteiger partial charge is 0.218 e. The molecule has 0 radical (unpaired) electrons. The van der Waals surface area contributed by atoms with E-state index < -0.39 is 11.7 Å². The predicted molar refractivity (Wildman–Crippen MR) is 74.7 cm³/mol. The highest BCUT2D eigenvalue weighted by Gasteiger charge is 2.33. The molecular formula is C14H15ClF3N3. The van der Waals surface area contributed by atoms with Gasteiger partial charge in [0.25, 0.3) is 0 Å². The second kappa shape index (κ2) is 6.05. The molecular weight excluding hydrogens is 303 g/mol. The second-order valence-electron chi connectivity index (χ2n) is 4.54. The number of aromatic nitrogens is 3. The molecule has 0 atom stereocenters. The van der Waals surface area contributed by atoms with Crippen LogP contribution < -0.4 is 0 Å². The summed E-state index contributed by atoms with van der Waals surface area (Å²) in [5.41, 5.74) is -0.326. The van der Waals surface area contributed by atoms with Crippen molar-refractivity contribution in [1.82, 2.24) is 14.8 Å². The molecule has 0 saturated heterocycles. The zero-order valence-corrected chi connectivity index (χ0v) is 12.5. The molecule has 1 aromatic heterocycles. The molecule has 0 bridgehead atoms. The third-order valence-corrected chi connectivity index (χ3v) is 3.43. The van der Waals surface area contributed by atoms with E-state index in [1.54, 1.807) is 6.07 Å². The van der Waals surface area contributed by atoms with Crippen molar-refractivity contribution in [2.75, 3.05) is 0 Å². The number of nitrogens with zero attached hydrogens (tertiary/aromatic N) is 3. The van der Waals surface area contributed by atoms with Gasteiger partial charge < -0.3 is 0 Å². The summed E-state index contributed by atoms with van der Waals surface area (Å²) in [4.78, 5) is 4.30. The van der Waals surface area contributed by atoms with Crippen LogP contribution in [0, 0.1) is 0 Å². The van der Waals surface area contributed by atoms with Crippen LogP contribution in [0.1, 0.15) is 36.6 Å². The Morgan fingerprint density at radius 1 is 1.19 bits per heavy atom. The molecule has 2 aromatic rings. The van der Waals surface area contributed by atoms with Crippen LogP contribution in [0.5, 0.6) is 0 Å². The first kappa shape index (κ1) is 15.8. The average Bonchev–Trinajstić information content (AvgIpc) is 2.89. The molecule has 0 aliphatic rings. The zero-order chi connectivity index (χ0) is 15.6. The Morgan fingerprint density at radius 3 is 2.43 bits per heavy atom. The fraction of sp³-hybridized carbons (Fsp3) is 0.429. The molecule has 2 rings (SSSR count). The van der Waals surface area contributed by atoms with Crippen molar-refractivity contribution in [3.05, 3.63) is 41.0 Å². The molecule has 0 aliphatic carbocycles. The Bertz CT molecular complexity index is 635. The summed E-state index contributed by atoms with van der Waals surface area (Å²) in [6, 6.07) is 4.04. The molecule has 0 N–H and O–H groups in total. The van der Waals surface area contributed by atoms with E-state index in [1.807, 2.05) is 13.8 Å². The highest BCUT2D eigenvalue weighted by atomic mass is 35.5. The quantitative estimate of drug-likeness (QED) is 0.793. The normalized spacial score (nSPS) is 11.9. The molecule has 114 valence electrons. The fourth-order valence-corrected chi connectivity index (χ4v) is 2.29. The number of hydrogen-bond acceptors (Lipinski definition) is 2. The first-order valence-corrected chi connectivity index (χ1v) is 7.15. The van der Waals surface area contributed by atoms with Crippen LogP contribution in [0.2, 0.25) is 0 Å². The Balaban J connectivity index is 2.57. The lowest BCUT2D eigenvalue weighted by Crippen LogP contribution is -2.11. The van der Waals surface area contributed by atoms with E-state index in [9.17, 15) is 13.2 Å². The van der Waals surface area contributed by atoms with Crippen molar-refractivity contribution in [3.63, 3.8) is 0 Å². The van der Waals surface area contributed by atoms with Gasteiger partial charge in [-0.15, -0.1) is 11.6 Å². The van der Waals surface area contributed by atoms with Crippen LogP contribution in [0.3, 0.4) is 0 Å². The Labute approximate surface area is 125 Å². The van der Waals surface area contributed by atoms with E-state index in [2.05, 4.69) is 10.1 Å². The van der Waals surface area contributed by atoms with Gasteiger partial charge in [-0.25, -0.2) is 9.67 Å². The molecule has 0 saturated carbocycles. The van der Waals surface area contributed by atoms with Crippen LogP contribution in [0.15, 0.2) is 18.2 Å². The number of hydrogen-bond donors (Lipinski definition) is 0. The van der Waals surface area contributed by atoms with Crippen molar-refractivity contribution < 1.29 is 13.2 Å². The molecule has 0 spiro atoms. The van der Waals surface area contributed by atoms with Gasteiger partial charge in [0.05, 0.1) is 11.3 Å². The predicted octanol–water partition coefficient (Wildman–Crippen LogP) is 4.15. The summed E-state index contributed by atoms with van der Waals surface area (Å²) in [5, 5.41) is 4.25. The molecule has 7 heteroatoms. The second-order valence-corrected chi connectivity index (χ2v) is 4.80. The first-order chi connectivity index (χ1) is 9.90. The summed E-state index contributed by atoms with van der Waals surface area (Å²) in [6.07, 6.45) is -3.22. The van der Waals surface area contributed by atoms with Crippen LogP contribution in [0.25, 0.3) is 5.69 Å². The standard InChI is InChI=1S/C14H15ClF3N3/c1-3-12-19-13(4-2)21(20-12)10-6-5-9(8-15)11(7-10)14(16,17)18/h5-7H,3-4,8H2,1-2H3. The van der Waals surface area contributed by atoms with Crippen molar-refractivity contribution >= 4 is 11.6 Å². The maximum Gasteiger partial charge on any atom is 0.416 e. The minimum Gasteiger partial charge on any atom is -0.218 e. The van der Waals surface area contributed by atoms with E-state index in [-0.39, 0.29) is 11.4 Å². The van der Waals surface area contributed by atoms with Crippen molar-refractivity contribution in [2.45, 2.75) is 38.7 Å². The molecule has 1 aromatic carbocycles. The highest BCUT2D eigenvalue weighted by molar-refractivity contribution is 6.17. The molecule has 0 fully saturated rings. The Hall–Kier alpha value is -1.56. The molecule has 1 heterocycles. The summed E-state index contributed by atoms with van der Waals surface area (Å²) in [7, 11) is 0. The monoisotopic (exact) mass is 317 g/mol. The Morgan fingerprint density at radius 2 is 1.90 bits per heavy atom. The largest absolute Gasteiger partial charge is 0.416 e. The van der Waals surface area contributed by atoms with Crippen molar-refractivity contribution in [3.8, 4) is 5.69 Å². The third kappa shape index (κ3) is 3.20. The van der Waals surface area contributed by atoms with Crippen LogP contribution >= 0.6 is 11.6 Å². The van der Waals surface area contributed by atoms with Gasteiger partial charge in [-0.2, -0.15) is 18.3 Å². The van der Waals surface area contributed by atoms with Gasteiger partial charge in [0.2, 0.25) is 0 Å². The number of alkyl halides is 4. The molecule has 0 amide bonds. The van der Waals surface area contributed by atoms with Gasteiger partial charge in [-0.1, -0.05) is 19.9 Å². The van der Waals surface area contributed by atoms with Crippen molar-refractivity contribution in [1.29, 1.82) is 0 Å². The lowest BCUT2D eigenvalue weighted by Gasteiger charge is -2.13. The lowest BCUT2D eigenvalue weighted by atomic mass is 10.1. The SMILES string of the molecule is CCc1nc(CC)n(-c2ccc(CCl)c(C(F)(F)F)c2)n1. The number of rotatable bonds is 4. The van der Waals surface area contributed by atoms with Gasteiger partial charge in [0.1, 0.15) is 5.82 Å². The van der Waals surface area contributed by atoms with Crippen molar-refractivity contribution in [2.24, 2.45) is 0 Å². The van der Waals surface area contributed by atoms with E-state index in [4.69, 9.17) is 11.6 Å². The third-order valence-electron chi connectivity index (χ3n) is 3.14. The van der Waals surface area contributed by atoms with Gasteiger partial charge in [-0.05, 0) is 17.7 Å². The maximum atomic E-state index is 13.1. The molecule has 21 heavy (non-hydrogen) atoms. The van der Waals surface area contributed by atoms with E-state index in [0.29, 0.717) is 30.2 Å². The van der Waals surface area contributed by atoms with Crippen LogP contribution in [-0.4, -0.2) is 14.8 Å². The summed E-state index contributed by atoms with van der Waals surface area (Å²) in [5.74, 6) is 1.06. The average molecular weight is 318 g/mol. The minimum atomic E-state index is -4.44. The highest BCUT2D eigenvalue weighted by Crippen LogP contribution is 2.34. The maximum absolute atomic E-state index is 13.1. The Kier molecular flexibility index (Phi) is 4.56. The summed E-state index contributed by atoms with van der Waals surface area (Å²) < 4.78 is 40.7. The van der Waals surface area contributed by atoms with Gasteiger partial charge in [0, 0.05) is 18.7 Å². The zero-order valence-electron chi connectivity index (χ0n) is 11.7. The van der Waals surface area contributed by atoms with Gasteiger partial charge >= 0.3 is 6.18 Å². The topological polar surface area (TPSA) is 30.7 Å². The van der Waals surface area contributed by atoms with Gasteiger partial charge in [0.15, 0.2) is 5.82 Å². The van der Waals surface area contributed by atoms with E-state index >= 15 is 0 Å². The lowest BCUT2D eigenvalue weighted by molar-refractivity contribution is -0.138. The molecule has 3 nitrogen and oxygen atoms in total. The van der Waals surface area contributed by atoms with E-state index in [0.717, 1.165) is 6.07 Å². The number of benzene rings is 1. The molecule has 0 aliphatic heterocycles. The number of halogens is 4. The minimum absolute atomic E-state index is 0.0572. The van der Waals surface area contributed by atoms with Gasteiger partial charge in [-0.3, -0.25) is 0 Å². The number of aryl methyl sites for hydroxylation is 2. The fourth-order valence-electron chi connectivity index (χ4n) is 2.05. The summed E-state index contributed by atoms with van der Waals surface area (Å²) >= 11 is 5.59. The molecule has 0 unspecified atom stereocenters. The van der Waals surface area contributed by atoms with Crippen LogP contribution in [0.4, 0.5) is 13.2 Å². The van der Waals surface area contributed by atoms with E-state index in [1.165, 1.54) is 10.7 Å². The van der Waals surface area contributed by atoms with Crippen LogP contribution in [-0.2, 0) is 24.9 Å². The first-order valence-electron chi connectivity index (χ1n) is 6.62. The summed E-state index contributed by atoms with van der Waals surface area (Å²) in [6.45, 7) is 3.79.